The van der Waals surface area contributed by atoms with Crippen LogP contribution in [-0.2, 0) is 13.0 Å². The van der Waals surface area contributed by atoms with Crippen LogP contribution in [0.25, 0.3) is 16.8 Å². The number of imidazole rings is 1. The van der Waals surface area contributed by atoms with E-state index in [0.717, 1.165) is 17.4 Å². The zero-order chi connectivity index (χ0) is 15.5. The monoisotopic (exact) mass is 290 g/mol. The lowest BCUT2D eigenvalue weighted by atomic mass is 10.0. The first-order chi connectivity index (χ1) is 10.7. The van der Waals surface area contributed by atoms with Gasteiger partial charge in [-0.05, 0) is 34.9 Å². The molecule has 0 N–H and O–H groups in total. The lowest BCUT2D eigenvalue weighted by Crippen LogP contribution is -2.11. The minimum Gasteiger partial charge on any atom is -0.324 e. The smallest absolute Gasteiger partial charge is 0.182 e. The third-order valence-electron chi connectivity index (χ3n) is 3.88. The van der Waals surface area contributed by atoms with Crippen molar-refractivity contribution < 1.29 is 4.79 Å². The first-order valence-corrected chi connectivity index (χ1v) is 7.40. The summed E-state index contributed by atoms with van der Waals surface area (Å²) >= 11 is 0. The first-order valence-electron chi connectivity index (χ1n) is 7.40. The summed E-state index contributed by atoms with van der Waals surface area (Å²) in [5.74, 6) is 0.782. The molecule has 0 aliphatic rings. The molecule has 3 rings (SSSR count). The Kier molecular flexibility index (Phi) is 3.88. The van der Waals surface area contributed by atoms with Crippen LogP contribution in [0.5, 0.6) is 0 Å². The fourth-order valence-corrected chi connectivity index (χ4v) is 2.58. The van der Waals surface area contributed by atoms with Gasteiger partial charge in [0.1, 0.15) is 5.82 Å². The van der Waals surface area contributed by atoms with Gasteiger partial charge in [0.25, 0.3) is 0 Å². The van der Waals surface area contributed by atoms with Crippen LogP contribution < -0.4 is 0 Å². The number of fused-ring (bicyclic) bond motifs is 1. The molecular formula is C19H18N2O. The number of rotatable bonds is 5. The number of aromatic nitrogens is 2. The highest BCUT2D eigenvalue weighted by atomic mass is 16.1. The molecule has 0 aliphatic heterocycles. The predicted octanol–water partition coefficient (Wildman–Crippen LogP) is 4.12. The number of hydrogen-bond donors (Lipinski definition) is 0. The van der Waals surface area contributed by atoms with Crippen LogP contribution in [0.1, 0.15) is 28.7 Å². The van der Waals surface area contributed by atoms with E-state index in [1.165, 1.54) is 10.9 Å². The third-order valence-corrected chi connectivity index (χ3v) is 3.88. The van der Waals surface area contributed by atoms with E-state index < -0.39 is 0 Å². The normalized spacial score (nSPS) is 10.8. The summed E-state index contributed by atoms with van der Waals surface area (Å²) < 4.78 is 1.81. The summed E-state index contributed by atoms with van der Waals surface area (Å²) in [6, 6.07) is 12.2. The van der Waals surface area contributed by atoms with Crippen molar-refractivity contribution in [2.45, 2.75) is 19.9 Å². The second kappa shape index (κ2) is 5.98. The molecule has 2 aromatic carbocycles. The Morgan fingerprint density at radius 1 is 1.23 bits per heavy atom. The van der Waals surface area contributed by atoms with Crippen LogP contribution in [0.3, 0.4) is 0 Å². The standard InChI is InChI=1S/C19H18N2O/c1-3-14-5-6-16-12-17(8-7-15(16)11-14)18(22)13-21-10-9-20-19(21)4-2/h4-12H,2-3,13H2,1H3. The topological polar surface area (TPSA) is 34.9 Å². The van der Waals surface area contributed by atoms with Crippen LogP contribution in [0.2, 0.25) is 0 Å². The van der Waals surface area contributed by atoms with E-state index in [-0.39, 0.29) is 12.3 Å². The molecule has 0 amide bonds. The highest BCUT2D eigenvalue weighted by Gasteiger charge is 2.09. The Hall–Kier alpha value is -2.68. The average molecular weight is 290 g/mol. The molecule has 22 heavy (non-hydrogen) atoms. The number of ketones is 1. The summed E-state index contributed by atoms with van der Waals surface area (Å²) in [5.41, 5.74) is 2.03. The van der Waals surface area contributed by atoms with Crippen LogP contribution in [0.4, 0.5) is 0 Å². The SMILES string of the molecule is C=Cc1nccn1CC(=O)c1ccc2cc(CC)ccc2c1. The van der Waals surface area contributed by atoms with Crippen molar-refractivity contribution in [3.8, 4) is 0 Å². The largest absolute Gasteiger partial charge is 0.324 e. The minimum atomic E-state index is 0.0718. The molecule has 0 unspecified atom stereocenters. The van der Waals surface area contributed by atoms with Crippen molar-refractivity contribution in [3.05, 3.63) is 72.3 Å². The predicted molar refractivity (Wildman–Crippen MR) is 90.0 cm³/mol. The van der Waals surface area contributed by atoms with Gasteiger partial charge in [-0.15, -0.1) is 0 Å². The zero-order valence-electron chi connectivity index (χ0n) is 12.6. The molecule has 110 valence electrons. The lowest BCUT2D eigenvalue weighted by Gasteiger charge is -2.07. The Morgan fingerprint density at radius 2 is 2.00 bits per heavy atom. The van der Waals surface area contributed by atoms with E-state index in [2.05, 4.69) is 36.7 Å². The number of carbonyl (C=O) groups is 1. The number of Topliss-reactive ketones (excluding diaryl/α,β-unsaturated/α-hetero) is 1. The Morgan fingerprint density at radius 3 is 2.77 bits per heavy atom. The quantitative estimate of drug-likeness (QED) is 0.662. The number of hydrogen-bond acceptors (Lipinski definition) is 2. The number of carbonyl (C=O) groups excluding carboxylic acids is 1. The van der Waals surface area contributed by atoms with Crippen molar-refractivity contribution in [3.63, 3.8) is 0 Å². The molecule has 0 saturated heterocycles. The van der Waals surface area contributed by atoms with Crippen LogP contribution >= 0.6 is 0 Å². The molecule has 0 bridgehead atoms. The van der Waals surface area contributed by atoms with Crippen LogP contribution in [0.15, 0.2) is 55.4 Å². The van der Waals surface area contributed by atoms with E-state index in [4.69, 9.17) is 0 Å². The van der Waals surface area contributed by atoms with Gasteiger partial charge in [0.05, 0.1) is 6.54 Å². The maximum atomic E-state index is 12.5. The maximum Gasteiger partial charge on any atom is 0.182 e. The fourth-order valence-electron chi connectivity index (χ4n) is 2.58. The van der Waals surface area contributed by atoms with Gasteiger partial charge < -0.3 is 4.57 Å². The third kappa shape index (κ3) is 2.70. The molecule has 1 aromatic heterocycles. The Balaban J connectivity index is 1.89. The van der Waals surface area contributed by atoms with Crippen LogP contribution in [0, 0.1) is 0 Å². The summed E-state index contributed by atoms with van der Waals surface area (Å²) in [6.07, 6.45) is 6.14. The van der Waals surface area contributed by atoms with Gasteiger partial charge >= 0.3 is 0 Å². The van der Waals surface area contributed by atoms with E-state index in [9.17, 15) is 4.79 Å². The molecule has 3 nitrogen and oxygen atoms in total. The molecule has 3 aromatic rings. The van der Waals surface area contributed by atoms with Gasteiger partial charge in [-0.1, -0.05) is 43.8 Å². The average Bonchev–Trinajstić information content (AvgIpc) is 3.00. The summed E-state index contributed by atoms with van der Waals surface area (Å²) in [4.78, 5) is 16.6. The second-order valence-corrected chi connectivity index (χ2v) is 5.29. The zero-order valence-corrected chi connectivity index (χ0v) is 12.6. The van der Waals surface area contributed by atoms with Gasteiger partial charge in [-0.25, -0.2) is 4.98 Å². The molecule has 0 fully saturated rings. The molecule has 3 heteroatoms. The molecule has 0 atom stereocenters. The van der Waals surface area contributed by atoms with Crippen molar-refractivity contribution >= 4 is 22.6 Å². The van der Waals surface area contributed by atoms with Gasteiger partial charge in [-0.3, -0.25) is 4.79 Å². The number of benzene rings is 2. The van der Waals surface area contributed by atoms with E-state index >= 15 is 0 Å². The minimum absolute atomic E-state index is 0.0718. The molecule has 0 aliphatic carbocycles. The fraction of sp³-hybridized carbons (Fsp3) is 0.158. The van der Waals surface area contributed by atoms with Crippen molar-refractivity contribution in [2.75, 3.05) is 0 Å². The van der Waals surface area contributed by atoms with E-state index in [0.29, 0.717) is 5.82 Å². The Labute approximate surface area is 129 Å². The molecular weight excluding hydrogens is 272 g/mol. The van der Waals surface area contributed by atoms with E-state index in [1.54, 1.807) is 23.0 Å². The molecule has 0 saturated carbocycles. The number of nitrogens with zero attached hydrogens (tertiary/aromatic N) is 2. The summed E-state index contributed by atoms with van der Waals surface area (Å²) in [5, 5.41) is 2.27. The molecule has 0 spiro atoms. The Bertz CT molecular complexity index is 846. The van der Waals surface area contributed by atoms with Crippen LogP contribution in [-0.4, -0.2) is 15.3 Å². The second-order valence-electron chi connectivity index (χ2n) is 5.29. The molecule has 1 heterocycles. The highest BCUT2D eigenvalue weighted by molar-refractivity contribution is 6.00. The highest BCUT2D eigenvalue weighted by Crippen LogP contribution is 2.19. The molecule has 0 radical (unpaired) electrons. The van der Waals surface area contributed by atoms with Crippen molar-refractivity contribution in [1.82, 2.24) is 9.55 Å². The lowest BCUT2D eigenvalue weighted by molar-refractivity contribution is 0.0972. The summed E-state index contributed by atoms with van der Waals surface area (Å²) in [7, 11) is 0. The number of aryl methyl sites for hydroxylation is 1. The first kappa shape index (κ1) is 14.3. The van der Waals surface area contributed by atoms with Crippen molar-refractivity contribution in [2.24, 2.45) is 0 Å². The van der Waals surface area contributed by atoms with Crippen molar-refractivity contribution in [1.29, 1.82) is 0 Å². The summed E-state index contributed by atoms with van der Waals surface area (Å²) in [6.45, 7) is 6.12. The maximum absolute atomic E-state index is 12.5. The van der Waals surface area contributed by atoms with Gasteiger partial charge in [0, 0.05) is 18.0 Å². The van der Waals surface area contributed by atoms with Gasteiger partial charge in [0.2, 0.25) is 0 Å². The van der Waals surface area contributed by atoms with E-state index in [1.807, 2.05) is 18.2 Å². The van der Waals surface area contributed by atoms with Gasteiger partial charge in [0.15, 0.2) is 5.78 Å². The van der Waals surface area contributed by atoms with Gasteiger partial charge in [-0.2, -0.15) is 0 Å².